The normalized spacial score (nSPS) is 10.8. The monoisotopic (exact) mass is 438 g/mol. The molecular weight excluding hydrogens is 412 g/mol. The molecule has 0 spiro atoms. The Balaban J connectivity index is 0.000000165. The Kier molecular flexibility index (Phi) is 6.48. The van der Waals surface area contributed by atoms with E-state index in [2.05, 4.69) is 26.0 Å². The highest BCUT2D eigenvalue weighted by Crippen LogP contribution is 2.29. The minimum absolute atomic E-state index is 0.122. The lowest BCUT2D eigenvalue weighted by Crippen LogP contribution is -2.06. The molecule has 0 unspecified atom stereocenters. The summed E-state index contributed by atoms with van der Waals surface area (Å²) < 4.78 is 2.18. The van der Waals surface area contributed by atoms with E-state index >= 15 is 0 Å². The number of benzene rings is 4. The number of carbonyl (C=O) groups is 1. The second kappa shape index (κ2) is 9.46. The van der Waals surface area contributed by atoms with E-state index in [0.717, 1.165) is 49.3 Å². The molecule has 0 atom stereocenters. The van der Waals surface area contributed by atoms with Crippen molar-refractivity contribution in [2.24, 2.45) is 0 Å². The molecule has 0 saturated heterocycles. The Morgan fingerprint density at radius 1 is 0.750 bits per heavy atom. The fourth-order valence-electron chi connectivity index (χ4n) is 4.27. The third-order valence-electron chi connectivity index (χ3n) is 5.85. The van der Waals surface area contributed by atoms with E-state index in [0.29, 0.717) is 0 Å². The number of rotatable bonds is 3. The number of aryl methyl sites for hydroxylation is 2. The van der Waals surface area contributed by atoms with E-state index < -0.39 is 0 Å². The summed E-state index contributed by atoms with van der Waals surface area (Å²) in [5, 5.41) is 3.95. The van der Waals surface area contributed by atoms with Crippen molar-refractivity contribution in [1.29, 1.82) is 0 Å². The van der Waals surface area contributed by atoms with Crippen molar-refractivity contribution >= 4 is 48.1 Å². The van der Waals surface area contributed by atoms with Gasteiger partial charge in [0.05, 0.1) is 0 Å². The molecule has 0 amide bonds. The number of carbonyl (C=O) groups excluding carboxylic acids is 1. The Labute approximate surface area is 192 Å². The molecule has 4 aromatic carbocycles. The topological polar surface area (TPSA) is 34.1 Å². The number of Topliss-reactive ketones (excluding diaryl/α,β-unsaturated/α-hetero) is 1. The van der Waals surface area contributed by atoms with Crippen LogP contribution in [0.3, 0.4) is 0 Å². The number of fused-ring (bicyclic) bond motifs is 3. The van der Waals surface area contributed by atoms with Crippen LogP contribution in [0.1, 0.15) is 42.3 Å². The third kappa shape index (κ3) is 4.09. The second-order valence-corrected chi connectivity index (χ2v) is 8.88. The van der Waals surface area contributed by atoms with Crippen molar-refractivity contribution in [3.63, 3.8) is 0 Å². The summed E-state index contributed by atoms with van der Waals surface area (Å²) in [4.78, 5) is 24.0. The summed E-state index contributed by atoms with van der Waals surface area (Å²) in [6, 6.07) is 25.9. The van der Waals surface area contributed by atoms with Crippen LogP contribution in [0, 0.1) is 0 Å². The Bertz CT molecular complexity index is 1490. The van der Waals surface area contributed by atoms with E-state index in [4.69, 9.17) is 0 Å². The lowest BCUT2D eigenvalue weighted by atomic mass is 9.98. The average Bonchev–Trinajstić information content (AvgIpc) is 2.83. The average molecular weight is 439 g/mol. The van der Waals surface area contributed by atoms with Crippen LogP contribution < -0.4 is 5.43 Å². The van der Waals surface area contributed by atoms with Gasteiger partial charge >= 0.3 is 0 Å². The predicted octanol–water partition coefficient (Wildman–Crippen LogP) is 7.58. The minimum atomic E-state index is 0.122. The largest absolute Gasteiger partial charge is 0.294 e. The molecule has 5 aromatic rings. The summed E-state index contributed by atoms with van der Waals surface area (Å²) in [5.41, 5.74) is 3.52. The van der Waals surface area contributed by atoms with Crippen LogP contribution in [0.4, 0.5) is 0 Å². The highest BCUT2D eigenvalue weighted by atomic mass is 32.1. The van der Waals surface area contributed by atoms with Crippen LogP contribution in [-0.4, -0.2) is 5.78 Å². The minimum Gasteiger partial charge on any atom is -0.294 e. The van der Waals surface area contributed by atoms with Gasteiger partial charge in [0.2, 0.25) is 0 Å². The smallest absolute Gasteiger partial charge is 0.196 e. The van der Waals surface area contributed by atoms with Gasteiger partial charge in [-0.1, -0.05) is 74.5 Å². The maximum absolute atomic E-state index is 12.7. The van der Waals surface area contributed by atoms with Crippen LogP contribution in [0.5, 0.6) is 0 Å². The first-order valence-corrected chi connectivity index (χ1v) is 11.8. The SMILES string of the molecule is CC(=O)c1cccc2ccccc12.CCc1ccc2sc3ccccc3c(=O)c2c1CC. The molecule has 0 fully saturated rings. The zero-order valence-corrected chi connectivity index (χ0v) is 19.5. The molecule has 0 saturated carbocycles. The van der Waals surface area contributed by atoms with Crippen LogP contribution in [0.15, 0.2) is 83.7 Å². The molecule has 1 heterocycles. The molecule has 5 rings (SSSR count). The standard InChI is InChI=1S/C17H16OS.C12H10O/c1-3-11-9-10-15-16(12(11)4-2)17(18)13-7-5-6-8-14(13)19-15;1-9(13)11-8-4-6-10-5-2-3-7-12(10)11/h5-10H,3-4H2,1-2H3;2-8H,1H3. The number of hydrogen-bond donors (Lipinski definition) is 0. The zero-order valence-electron chi connectivity index (χ0n) is 18.6. The molecule has 3 heteroatoms. The summed E-state index contributed by atoms with van der Waals surface area (Å²) >= 11 is 1.71. The molecule has 0 aliphatic carbocycles. The van der Waals surface area contributed by atoms with E-state index in [-0.39, 0.29) is 11.2 Å². The molecule has 0 aliphatic heterocycles. The van der Waals surface area contributed by atoms with Crippen molar-refractivity contribution in [2.75, 3.05) is 0 Å². The highest BCUT2D eigenvalue weighted by molar-refractivity contribution is 7.24. The molecule has 0 bridgehead atoms. The predicted molar refractivity (Wildman–Crippen MR) is 138 cm³/mol. The van der Waals surface area contributed by atoms with Crippen molar-refractivity contribution < 1.29 is 4.79 Å². The van der Waals surface area contributed by atoms with Crippen molar-refractivity contribution in [2.45, 2.75) is 33.6 Å². The Hall–Kier alpha value is -3.30. The lowest BCUT2D eigenvalue weighted by molar-refractivity contribution is 0.101. The van der Waals surface area contributed by atoms with Crippen LogP contribution in [0.2, 0.25) is 0 Å². The molecule has 0 N–H and O–H groups in total. The third-order valence-corrected chi connectivity index (χ3v) is 6.99. The van der Waals surface area contributed by atoms with E-state index in [9.17, 15) is 9.59 Å². The molecule has 0 radical (unpaired) electrons. The summed E-state index contributed by atoms with van der Waals surface area (Å²) in [6.45, 7) is 5.88. The van der Waals surface area contributed by atoms with Gasteiger partial charge in [-0.3, -0.25) is 9.59 Å². The molecule has 160 valence electrons. The van der Waals surface area contributed by atoms with E-state index in [1.54, 1.807) is 18.3 Å². The molecular formula is C29H26O2S. The first-order chi connectivity index (χ1) is 15.5. The Morgan fingerprint density at radius 3 is 2.16 bits per heavy atom. The first kappa shape index (κ1) is 21.9. The first-order valence-electron chi connectivity index (χ1n) is 11.0. The maximum Gasteiger partial charge on any atom is 0.196 e. The van der Waals surface area contributed by atoms with Gasteiger partial charge < -0.3 is 0 Å². The van der Waals surface area contributed by atoms with Crippen LogP contribution >= 0.6 is 11.3 Å². The van der Waals surface area contributed by atoms with Gasteiger partial charge in [-0.15, -0.1) is 11.3 Å². The Morgan fingerprint density at radius 2 is 1.44 bits per heavy atom. The van der Waals surface area contributed by atoms with Gasteiger partial charge in [-0.2, -0.15) is 0 Å². The summed E-state index contributed by atoms with van der Waals surface area (Å²) in [7, 11) is 0. The van der Waals surface area contributed by atoms with Gasteiger partial charge in [0.25, 0.3) is 0 Å². The van der Waals surface area contributed by atoms with Gasteiger partial charge in [-0.25, -0.2) is 0 Å². The maximum atomic E-state index is 12.7. The van der Waals surface area contributed by atoms with Gasteiger partial charge in [-0.05, 0) is 59.9 Å². The van der Waals surface area contributed by atoms with E-state index in [1.807, 2.05) is 66.7 Å². The quantitative estimate of drug-likeness (QED) is 0.215. The highest BCUT2D eigenvalue weighted by Gasteiger charge is 2.11. The van der Waals surface area contributed by atoms with Crippen molar-refractivity contribution in [3.8, 4) is 0 Å². The molecule has 2 nitrogen and oxygen atoms in total. The van der Waals surface area contributed by atoms with Crippen LogP contribution in [-0.2, 0) is 12.8 Å². The number of hydrogen-bond acceptors (Lipinski definition) is 3. The molecule has 32 heavy (non-hydrogen) atoms. The fraction of sp³-hybridized carbons (Fsp3) is 0.172. The summed E-state index contributed by atoms with van der Waals surface area (Å²) in [5.74, 6) is 0.122. The van der Waals surface area contributed by atoms with Crippen LogP contribution in [0.25, 0.3) is 30.9 Å². The molecule has 1 aromatic heterocycles. The van der Waals surface area contributed by atoms with Gasteiger partial charge in [0.15, 0.2) is 11.2 Å². The summed E-state index contributed by atoms with van der Waals surface area (Å²) in [6.07, 6.45) is 1.90. The fourth-order valence-corrected chi connectivity index (χ4v) is 5.38. The van der Waals surface area contributed by atoms with Crippen molar-refractivity contribution in [1.82, 2.24) is 0 Å². The second-order valence-electron chi connectivity index (χ2n) is 7.79. The van der Waals surface area contributed by atoms with Crippen molar-refractivity contribution in [3.05, 3.63) is 106 Å². The lowest BCUT2D eigenvalue weighted by Gasteiger charge is -2.10. The number of ketones is 1. The zero-order chi connectivity index (χ0) is 22.7. The van der Waals surface area contributed by atoms with Gasteiger partial charge in [0.1, 0.15) is 0 Å². The van der Waals surface area contributed by atoms with Gasteiger partial charge in [0, 0.05) is 25.7 Å². The molecule has 0 aliphatic rings. The van der Waals surface area contributed by atoms with E-state index in [1.165, 1.54) is 11.1 Å².